The first-order valence-corrected chi connectivity index (χ1v) is 7.68. The molecule has 0 amide bonds. The van der Waals surface area contributed by atoms with E-state index in [0.717, 1.165) is 4.48 Å². The van der Waals surface area contributed by atoms with E-state index in [1.165, 1.54) is 29.2 Å². The van der Waals surface area contributed by atoms with Gasteiger partial charge >= 0.3 is 135 Å². The van der Waals surface area contributed by atoms with Crippen LogP contribution < -0.4 is 9.22 Å². The summed E-state index contributed by atoms with van der Waals surface area (Å²) in [5, 5.41) is 0. The molecule has 0 fully saturated rings. The van der Waals surface area contributed by atoms with E-state index in [-0.39, 0.29) is 11.8 Å². The van der Waals surface area contributed by atoms with Gasteiger partial charge in [-0.25, -0.2) is 0 Å². The van der Waals surface area contributed by atoms with E-state index >= 15 is 0 Å². The van der Waals surface area contributed by atoms with Crippen LogP contribution in [0.5, 0.6) is 11.8 Å². The van der Waals surface area contributed by atoms with Crippen LogP contribution in [0.25, 0.3) is 11.3 Å². The predicted octanol–water partition coefficient (Wildman–Crippen LogP) is 1.43. The molecule has 0 aliphatic heterocycles. The fraction of sp³-hybridized carbons (Fsp3) is 0.0667. The number of hydrogen-bond donors (Lipinski definition) is 0. The van der Waals surface area contributed by atoms with Gasteiger partial charge in [0.15, 0.2) is 0 Å². The molecule has 22 heavy (non-hydrogen) atoms. The second-order valence-corrected chi connectivity index (χ2v) is 5.77. The van der Waals surface area contributed by atoms with Gasteiger partial charge in [0.25, 0.3) is 0 Å². The molecule has 3 aromatic rings. The third-order valence-electron chi connectivity index (χ3n) is 2.98. The summed E-state index contributed by atoms with van der Waals surface area (Å²) in [6.45, 7) is 1.76. The second kappa shape index (κ2) is 6.20. The van der Waals surface area contributed by atoms with Crippen LogP contribution in [0.1, 0.15) is 5.56 Å². The molecular weight excluding hydrogens is 346 g/mol. The Bertz CT molecular complexity index is 797. The van der Waals surface area contributed by atoms with E-state index in [0.29, 0.717) is 16.8 Å². The fourth-order valence-corrected chi connectivity index (χ4v) is 2.19. The van der Waals surface area contributed by atoms with Crippen molar-refractivity contribution in [1.29, 1.82) is 0 Å². The van der Waals surface area contributed by atoms with Crippen LogP contribution in [0.2, 0.25) is 0 Å². The van der Waals surface area contributed by atoms with Crippen molar-refractivity contribution in [2.24, 2.45) is 0 Å². The van der Waals surface area contributed by atoms with E-state index in [1.54, 1.807) is 37.5 Å². The number of halogens is 1. The number of ether oxygens (including phenoxy) is 1. The topological polar surface area (TPSA) is 60.8 Å². The summed E-state index contributed by atoms with van der Waals surface area (Å²) >= 11 is 1.36. The van der Waals surface area contributed by atoms with Crippen molar-refractivity contribution in [1.82, 2.24) is 19.9 Å². The molecule has 0 radical (unpaired) electrons. The van der Waals surface area contributed by atoms with Gasteiger partial charge in [-0.2, -0.15) is 0 Å². The van der Waals surface area contributed by atoms with Gasteiger partial charge in [-0.3, -0.25) is 0 Å². The molecule has 1 unspecified atom stereocenters. The van der Waals surface area contributed by atoms with Gasteiger partial charge in [-0.15, -0.1) is 0 Å². The first-order chi connectivity index (χ1) is 10.6. The van der Waals surface area contributed by atoms with Crippen LogP contribution in [-0.2, 0) is 0 Å². The summed E-state index contributed by atoms with van der Waals surface area (Å²) in [5.41, 5.74) is 1.44. The van der Waals surface area contributed by atoms with Gasteiger partial charge in [0, 0.05) is 0 Å². The first-order valence-electron chi connectivity index (χ1n) is 6.47. The number of rotatable bonds is 3. The third kappa shape index (κ3) is 2.97. The van der Waals surface area contributed by atoms with Crippen molar-refractivity contribution in [2.45, 2.75) is 6.92 Å². The molecule has 110 valence electrons. The van der Waals surface area contributed by atoms with Crippen LogP contribution >= 0.6 is 0 Å². The average molecular weight is 358 g/mol. The zero-order valence-corrected chi connectivity index (χ0v) is 14.1. The Morgan fingerprint density at radius 1 is 1.05 bits per heavy atom. The molecule has 0 spiro atoms. The van der Waals surface area contributed by atoms with Gasteiger partial charge in [-0.1, -0.05) is 0 Å². The molecule has 1 atom stereocenters. The van der Waals surface area contributed by atoms with Gasteiger partial charge in [0.2, 0.25) is 0 Å². The Kier molecular flexibility index (Phi) is 4.11. The standard InChI is InChI=1S/C15H12AsFN4O/c1-9-3-4-10(11-7-21-12(16)8-20-11)13(17)14(9)22-15-18-5-2-6-19-15/h2-8H,16H2,1H3. The number of benzene rings is 1. The number of hydrogen-bond acceptors (Lipinski definition) is 5. The van der Waals surface area contributed by atoms with Crippen molar-refractivity contribution < 1.29 is 9.13 Å². The second-order valence-electron chi connectivity index (χ2n) is 4.53. The molecular formula is C15H12AsFN4O. The summed E-state index contributed by atoms with van der Waals surface area (Å²) in [6, 6.07) is 5.19. The summed E-state index contributed by atoms with van der Waals surface area (Å²) < 4.78 is 21.1. The van der Waals surface area contributed by atoms with Crippen molar-refractivity contribution in [3.05, 3.63) is 54.4 Å². The molecule has 0 saturated heterocycles. The van der Waals surface area contributed by atoms with Gasteiger partial charge < -0.3 is 0 Å². The van der Waals surface area contributed by atoms with Crippen molar-refractivity contribution in [2.75, 3.05) is 0 Å². The molecule has 7 heteroatoms. The van der Waals surface area contributed by atoms with Crippen LogP contribution in [0.4, 0.5) is 4.39 Å². The molecule has 2 aromatic heterocycles. The molecule has 1 aromatic carbocycles. The van der Waals surface area contributed by atoms with Crippen LogP contribution in [-0.4, -0.2) is 36.8 Å². The molecule has 0 saturated carbocycles. The van der Waals surface area contributed by atoms with E-state index in [4.69, 9.17) is 4.74 Å². The van der Waals surface area contributed by atoms with E-state index in [9.17, 15) is 4.39 Å². The zero-order chi connectivity index (χ0) is 15.5. The molecule has 0 N–H and O–H groups in total. The van der Waals surface area contributed by atoms with Crippen molar-refractivity contribution in [3.8, 4) is 23.0 Å². The van der Waals surface area contributed by atoms with Crippen LogP contribution in [0.15, 0.2) is 43.0 Å². The number of nitrogens with zero attached hydrogens (tertiary/aromatic N) is 4. The van der Waals surface area contributed by atoms with E-state index in [1.807, 2.05) is 0 Å². The molecule has 0 bridgehead atoms. The first kappa shape index (κ1) is 14.6. The maximum absolute atomic E-state index is 14.8. The van der Waals surface area contributed by atoms with E-state index < -0.39 is 5.82 Å². The molecule has 0 aliphatic rings. The minimum absolute atomic E-state index is 0.0929. The summed E-state index contributed by atoms with van der Waals surface area (Å²) in [4.78, 5) is 16.3. The summed E-state index contributed by atoms with van der Waals surface area (Å²) in [5.74, 6) is -0.411. The normalized spacial score (nSPS) is 10.5. The Hall–Kier alpha value is -2.33. The average Bonchev–Trinajstić information content (AvgIpc) is 2.54. The van der Waals surface area contributed by atoms with Crippen LogP contribution in [0.3, 0.4) is 0 Å². The molecule has 2 heterocycles. The maximum atomic E-state index is 14.8. The van der Waals surface area contributed by atoms with Crippen molar-refractivity contribution >= 4 is 21.3 Å². The SMILES string of the molecule is Cc1ccc(-c2cnc([AsH2])cn2)c(F)c1Oc1ncccn1. The summed E-state index contributed by atoms with van der Waals surface area (Å²) in [7, 11) is 0. The van der Waals surface area contributed by atoms with Gasteiger partial charge in [0.05, 0.1) is 0 Å². The number of aryl methyl sites for hydroxylation is 1. The zero-order valence-electron chi connectivity index (χ0n) is 11.7. The predicted molar refractivity (Wildman–Crippen MR) is 82.4 cm³/mol. The monoisotopic (exact) mass is 358 g/mol. The Balaban J connectivity index is 2.04. The van der Waals surface area contributed by atoms with Crippen molar-refractivity contribution in [3.63, 3.8) is 0 Å². The Morgan fingerprint density at radius 2 is 1.82 bits per heavy atom. The molecule has 0 aliphatic carbocycles. The fourth-order valence-electron chi connectivity index (χ4n) is 1.88. The molecule has 5 nitrogen and oxygen atoms in total. The van der Waals surface area contributed by atoms with E-state index in [2.05, 4.69) is 19.9 Å². The van der Waals surface area contributed by atoms with Gasteiger partial charge in [0.1, 0.15) is 0 Å². The number of aromatic nitrogens is 4. The quantitative estimate of drug-likeness (QED) is 0.663. The van der Waals surface area contributed by atoms with Gasteiger partial charge in [-0.05, 0) is 0 Å². The Morgan fingerprint density at radius 3 is 2.50 bits per heavy atom. The molecule has 3 rings (SSSR count). The van der Waals surface area contributed by atoms with Crippen LogP contribution in [0, 0.1) is 12.7 Å². The Labute approximate surface area is 135 Å². The third-order valence-corrected chi connectivity index (χ3v) is 3.60. The minimum atomic E-state index is -0.504. The summed E-state index contributed by atoms with van der Waals surface area (Å²) in [6.07, 6.45) is 6.24.